The van der Waals surface area contributed by atoms with Crippen molar-refractivity contribution in [2.75, 3.05) is 6.54 Å². The molecule has 1 nitrogen and oxygen atoms in total. The molecule has 0 spiro atoms. The van der Waals surface area contributed by atoms with Crippen LogP contribution in [0.25, 0.3) is 0 Å². The standard InChI is InChI=1S/C10H17N/c1-2-11-10-6-8-3-4-9(5-8)7-10/h3-4,8-11H,2,5-7H2,1H3. The summed E-state index contributed by atoms with van der Waals surface area (Å²) in [6.45, 7) is 3.33. The Labute approximate surface area is 68.9 Å². The van der Waals surface area contributed by atoms with Crippen LogP contribution < -0.4 is 5.32 Å². The summed E-state index contributed by atoms with van der Waals surface area (Å²) in [6.07, 6.45) is 9.02. The number of hydrogen-bond donors (Lipinski definition) is 1. The second-order valence-corrected chi connectivity index (χ2v) is 3.87. The number of rotatable bonds is 2. The van der Waals surface area contributed by atoms with Crippen LogP contribution in [-0.2, 0) is 0 Å². The highest BCUT2D eigenvalue weighted by Crippen LogP contribution is 2.36. The summed E-state index contributed by atoms with van der Waals surface area (Å²) in [5, 5.41) is 3.55. The molecule has 1 N–H and O–H groups in total. The minimum atomic E-state index is 0.804. The molecular weight excluding hydrogens is 134 g/mol. The third kappa shape index (κ3) is 1.48. The Kier molecular flexibility index (Phi) is 1.99. The molecule has 0 aromatic carbocycles. The minimum Gasteiger partial charge on any atom is -0.314 e. The Hall–Kier alpha value is -0.300. The maximum atomic E-state index is 3.55. The van der Waals surface area contributed by atoms with Gasteiger partial charge in [-0.3, -0.25) is 0 Å². The highest BCUT2D eigenvalue weighted by Gasteiger charge is 2.29. The number of allylic oxidation sites excluding steroid dienone is 2. The van der Waals surface area contributed by atoms with E-state index in [1.54, 1.807) is 0 Å². The third-order valence-electron chi connectivity index (χ3n) is 2.93. The lowest BCUT2D eigenvalue weighted by molar-refractivity contribution is 0.301. The summed E-state index contributed by atoms with van der Waals surface area (Å²) in [6, 6.07) is 0.804. The molecule has 2 bridgehead atoms. The summed E-state index contributed by atoms with van der Waals surface area (Å²) in [7, 11) is 0. The first-order chi connectivity index (χ1) is 5.38. The molecular formula is C10H17N. The van der Waals surface area contributed by atoms with Gasteiger partial charge in [-0.25, -0.2) is 0 Å². The molecule has 1 saturated carbocycles. The van der Waals surface area contributed by atoms with Crippen LogP contribution in [0.5, 0.6) is 0 Å². The zero-order valence-electron chi connectivity index (χ0n) is 7.22. The molecule has 2 aliphatic rings. The third-order valence-corrected chi connectivity index (χ3v) is 2.93. The first-order valence-electron chi connectivity index (χ1n) is 4.80. The van der Waals surface area contributed by atoms with Crippen LogP contribution in [0.15, 0.2) is 12.2 Å². The second kappa shape index (κ2) is 2.98. The number of nitrogens with one attached hydrogen (secondary N) is 1. The largest absolute Gasteiger partial charge is 0.314 e. The summed E-state index contributed by atoms with van der Waals surface area (Å²) in [5.41, 5.74) is 0. The molecule has 0 amide bonds. The van der Waals surface area contributed by atoms with Crippen molar-refractivity contribution in [3.05, 3.63) is 12.2 Å². The SMILES string of the molecule is CCNC1CC2C=CC(C2)C1. The monoisotopic (exact) mass is 151 g/mol. The predicted molar refractivity (Wildman–Crippen MR) is 47.4 cm³/mol. The van der Waals surface area contributed by atoms with E-state index >= 15 is 0 Å². The van der Waals surface area contributed by atoms with Crippen molar-refractivity contribution in [2.45, 2.75) is 32.2 Å². The van der Waals surface area contributed by atoms with Gasteiger partial charge >= 0.3 is 0 Å². The number of fused-ring (bicyclic) bond motifs is 2. The molecule has 1 fully saturated rings. The Bertz CT molecular complexity index is 148. The van der Waals surface area contributed by atoms with Crippen LogP contribution in [-0.4, -0.2) is 12.6 Å². The fourth-order valence-electron chi connectivity index (χ4n) is 2.49. The van der Waals surface area contributed by atoms with Crippen molar-refractivity contribution < 1.29 is 0 Å². The Morgan fingerprint density at radius 2 is 1.82 bits per heavy atom. The quantitative estimate of drug-likeness (QED) is 0.595. The van der Waals surface area contributed by atoms with E-state index in [1.807, 2.05) is 0 Å². The van der Waals surface area contributed by atoms with Crippen molar-refractivity contribution in [3.8, 4) is 0 Å². The lowest BCUT2D eigenvalue weighted by Crippen LogP contribution is -2.34. The molecule has 0 aromatic rings. The molecule has 0 aliphatic heterocycles. The minimum absolute atomic E-state index is 0.804. The van der Waals surface area contributed by atoms with Crippen molar-refractivity contribution in [1.82, 2.24) is 5.32 Å². The van der Waals surface area contributed by atoms with E-state index in [4.69, 9.17) is 0 Å². The van der Waals surface area contributed by atoms with E-state index in [1.165, 1.54) is 19.3 Å². The topological polar surface area (TPSA) is 12.0 Å². The Balaban J connectivity index is 1.90. The van der Waals surface area contributed by atoms with Gasteiger partial charge in [-0.05, 0) is 37.6 Å². The number of hydrogen-bond acceptors (Lipinski definition) is 1. The van der Waals surface area contributed by atoms with Gasteiger partial charge in [0.05, 0.1) is 0 Å². The van der Waals surface area contributed by atoms with Crippen molar-refractivity contribution in [2.24, 2.45) is 11.8 Å². The Morgan fingerprint density at radius 3 is 2.36 bits per heavy atom. The van der Waals surface area contributed by atoms with Gasteiger partial charge in [0.25, 0.3) is 0 Å². The van der Waals surface area contributed by atoms with Crippen LogP contribution in [0.2, 0.25) is 0 Å². The zero-order valence-corrected chi connectivity index (χ0v) is 7.22. The van der Waals surface area contributed by atoms with Crippen LogP contribution in [0, 0.1) is 11.8 Å². The van der Waals surface area contributed by atoms with E-state index in [0.717, 1.165) is 24.4 Å². The molecule has 0 saturated heterocycles. The zero-order chi connectivity index (χ0) is 7.68. The Morgan fingerprint density at radius 1 is 1.18 bits per heavy atom. The lowest BCUT2D eigenvalue weighted by Gasteiger charge is -2.28. The molecule has 11 heavy (non-hydrogen) atoms. The molecule has 0 aromatic heterocycles. The van der Waals surface area contributed by atoms with E-state index in [-0.39, 0.29) is 0 Å². The molecule has 2 aliphatic carbocycles. The van der Waals surface area contributed by atoms with Gasteiger partial charge in [-0.2, -0.15) is 0 Å². The molecule has 1 heteroatoms. The van der Waals surface area contributed by atoms with Crippen molar-refractivity contribution in [1.29, 1.82) is 0 Å². The normalized spacial score (nSPS) is 41.4. The van der Waals surface area contributed by atoms with Gasteiger partial charge in [0.2, 0.25) is 0 Å². The first-order valence-corrected chi connectivity index (χ1v) is 4.80. The van der Waals surface area contributed by atoms with Gasteiger partial charge in [0.15, 0.2) is 0 Å². The fourth-order valence-corrected chi connectivity index (χ4v) is 2.49. The first kappa shape index (κ1) is 7.35. The van der Waals surface area contributed by atoms with Gasteiger partial charge in [-0.15, -0.1) is 0 Å². The van der Waals surface area contributed by atoms with Gasteiger partial charge in [0, 0.05) is 6.04 Å². The molecule has 2 atom stereocenters. The van der Waals surface area contributed by atoms with E-state index < -0.39 is 0 Å². The van der Waals surface area contributed by atoms with Crippen LogP contribution in [0.1, 0.15) is 26.2 Å². The molecule has 0 heterocycles. The van der Waals surface area contributed by atoms with Gasteiger partial charge < -0.3 is 5.32 Å². The summed E-state index contributed by atoms with van der Waals surface area (Å²) < 4.78 is 0. The van der Waals surface area contributed by atoms with Crippen LogP contribution >= 0.6 is 0 Å². The van der Waals surface area contributed by atoms with Crippen molar-refractivity contribution in [3.63, 3.8) is 0 Å². The summed E-state index contributed by atoms with van der Waals surface area (Å²) in [5.74, 6) is 1.80. The van der Waals surface area contributed by atoms with Gasteiger partial charge in [-0.1, -0.05) is 19.1 Å². The maximum Gasteiger partial charge on any atom is 0.00781 e. The highest BCUT2D eigenvalue weighted by molar-refractivity contribution is 5.07. The average molecular weight is 151 g/mol. The molecule has 2 rings (SSSR count). The average Bonchev–Trinajstić information content (AvgIpc) is 2.32. The van der Waals surface area contributed by atoms with Gasteiger partial charge in [0.1, 0.15) is 0 Å². The molecule has 62 valence electrons. The molecule has 0 radical (unpaired) electrons. The smallest absolute Gasteiger partial charge is 0.00781 e. The summed E-state index contributed by atoms with van der Waals surface area (Å²) >= 11 is 0. The van der Waals surface area contributed by atoms with Crippen molar-refractivity contribution >= 4 is 0 Å². The lowest BCUT2D eigenvalue weighted by atomic mass is 9.84. The van der Waals surface area contributed by atoms with Crippen LogP contribution in [0.3, 0.4) is 0 Å². The molecule has 2 unspecified atom stereocenters. The predicted octanol–water partition coefficient (Wildman–Crippen LogP) is 1.95. The van der Waals surface area contributed by atoms with E-state index in [0.29, 0.717) is 0 Å². The van der Waals surface area contributed by atoms with E-state index in [9.17, 15) is 0 Å². The maximum absolute atomic E-state index is 3.55. The fraction of sp³-hybridized carbons (Fsp3) is 0.800. The second-order valence-electron chi connectivity index (χ2n) is 3.87. The van der Waals surface area contributed by atoms with E-state index in [2.05, 4.69) is 24.4 Å². The summed E-state index contributed by atoms with van der Waals surface area (Å²) in [4.78, 5) is 0. The van der Waals surface area contributed by atoms with Crippen LogP contribution in [0.4, 0.5) is 0 Å². The highest BCUT2D eigenvalue weighted by atomic mass is 14.9.